The highest BCUT2D eigenvalue weighted by Crippen LogP contribution is 2.32. The van der Waals surface area contributed by atoms with Crippen molar-refractivity contribution in [2.24, 2.45) is 0 Å². The molecule has 0 unspecified atom stereocenters. The minimum Gasteiger partial charge on any atom is -0.450 e. The SMILES string of the molecule is O=c1[nH]ncc2cc(-c3ccc(C(F)(F)F)cc3)oc12. The number of benzene rings is 1. The van der Waals surface area contributed by atoms with Crippen molar-refractivity contribution in [2.75, 3.05) is 0 Å². The molecule has 0 saturated carbocycles. The second-order valence-electron chi connectivity index (χ2n) is 4.17. The number of furan rings is 1. The van der Waals surface area contributed by atoms with Gasteiger partial charge in [0.25, 0.3) is 0 Å². The topological polar surface area (TPSA) is 58.9 Å². The molecule has 1 N–H and O–H groups in total. The molecule has 0 radical (unpaired) electrons. The van der Waals surface area contributed by atoms with E-state index in [1.807, 2.05) is 0 Å². The van der Waals surface area contributed by atoms with Crippen LogP contribution in [0.25, 0.3) is 22.3 Å². The lowest BCUT2D eigenvalue weighted by molar-refractivity contribution is -0.137. The molecular formula is C13H7F3N2O2. The van der Waals surface area contributed by atoms with Gasteiger partial charge in [0.2, 0.25) is 5.58 Å². The molecule has 0 spiro atoms. The largest absolute Gasteiger partial charge is 0.450 e. The van der Waals surface area contributed by atoms with E-state index in [2.05, 4.69) is 10.2 Å². The number of H-pyrrole nitrogens is 1. The van der Waals surface area contributed by atoms with Gasteiger partial charge in [-0.1, -0.05) is 12.1 Å². The van der Waals surface area contributed by atoms with Gasteiger partial charge >= 0.3 is 11.7 Å². The van der Waals surface area contributed by atoms with Crippen LogP contribution < -0.4 is 5.56 Å². The fourth-order valence-electron chi connectivity index (χ4n) is 1.86. The van der Waals surface area contributed by atoms with Gasteiger partial charge in [-0.2, -0.15) is 18.3 Å². The number of fused-ring (bicyclic) bond motifs is 1. The molecule has 4 nitrogen and oxygen atoms in total. The Morgan fingerprint density at radius 3 is 2.45 bits per heavy atom. The van der Waals surface area contributed by atoms with Gasteiger partial charge in [-0.25, -0.2) is 5.10 Å². The Bertz CT molecular complexity index is 816. The number of nitrogens with zero attached hydrogens (tertiary/aromatic N) is 1. The fraction of sp³-hybridized carbons (Fsp3) is 0.0769. The van der Waals surface area contributed by atoms with E-state index in [-0.39, 0.29) is 5.58 Å². The van der Waals surface area contributed by atoms with Crippen molar-refractivity contribution >= 4 is 11.0 Å². The summed E-state index contributed by atoms with van der Waals surface area (Å²) in [6, 6.07) is 6.07. The summed E-state index contributed by atoms with van der Waals surface area (Å²) in [7, 11) is 0. The van der Waals surface area contributed by atoms with E-state index in [1.165, 1.54) is 18.3 Å². The van der Waals surface area contributed by atoms with Gasteiger partial charge < -0.3 is 4.42 Å². The van der Waals surface area contributed by atoms with Gasteiger partial charge in [0.15, 0.2) is 0 Å². The van der Waals surface area contributed by atoms with Crippen molar-refractivity contribution in [3.8, 4) is 11.3 Å². The molecule has 0 saturated heterocycles. The number of hydrogen-bond acceptors (Lipinski definition) is 3. The second kappa shape index (κ2) is 4.22. The van der Waals surface area contributed by atoms with Crippen LogP contribution in [0, 0.1) is 0 Å². The molecule has 0 aliphatic carbocycles. The van der Waals surface area contributed by atoms with Gasteiger partial charge in [0, 0.05) is 10.9 Å². The van der Waals surface area contributed by atoms with Crippen molar-refractivity contribution in [1.29, 1.82) is 0 Å². The molecule has 0 amide bonds. The average molecular weight is 280 g/mol. The number of aromatic amines is 1. The first-order valence-corrected chi connectivity index (χ1v) is 5.60. The van der Waals surface area contributed by atoms with E-state index < -0.39 is 17.3 Å². The minimum atomic E-state index is -4.38. The molecule has 3 rings (SSSR count). The zero-order valence-corrected chi connectivity index (χ0v) is 9.86. The average Bonchev–Trinajstić information content (AvgIpc) is 2.83. The third-order valence-corrected chi connectivity index (χ3v) is 2.83. The molecular weight excluding hydrogens is 273 g/mol. The van der Waals surface area contributed by atoms with Crippen LogP contribution in [-0.2, 0) is 6.18 Å². The highest BCUT2D eigenvalue weighted by Gasteiger charge is 2.30. The maximum atomic E-state index is 12.5. The van der Waals surface area contributed by atoms with Crippen LogP contribution in [0.5, 0.6) is 0 Å². The molecule has 20 heavy (non-hydrogen) atoms. The van der Waals surface area contributed by atoms with E-state index in [4.69, 9.17) is 4.42 Å². The van der Waals surface area contributed by atoms with E-state index in [0.29, 0.717) is 16.7 Å². The fourth-order valence-corrected chi connectivity index (χ4v) is 1.86. The van der Waals surface area contributed by atoms with Crippen molar-refractivity contribution < 1.29 is 17.6 Å². The smallest absolute Gasteiger partial charge is 0.416 e. The normalized spacial score (nSPS) is 11.9. The van der Waals surface area contributed by atoms with Crippen molar-refractivity contribution in [1.82, 2.24) is 10.2 Å². The molecule has 0 aliphatic heterocycles. The Balaban J connectivity index is 2.07. The zero-order valence-electron chi connectivity index (χ0n) is 9.86. The van der Waals surface area contributed by atoms with Gasteiger partial charge in [-0.05, 0) is 18.2 Å². The summed E-state index contributed by atoms with van der Waals surface area (Å²) in [5, 5.41) is 6.33. The Morgan fingerprint density at radius 2 is 1.85 bits per heavy atom. The van der Waals surface area contributed by atoms with E-state index >= 15 is 0 Å². The maximum absolute atomic E-state index is 12.5. The second-order valence-corrected chi connectivity index (χ2v) is 4.17. The number of halogens is 3. The third-order valence-electron chi connectivity index (χ3n) is 2.83. The minimum absolute atomic E-state index is 0.0925. The quantitative estimate of drug-likeness (QED) is 0.744. The van der Waals surface area contributed by atoms with Crippen LogP contribution in [0.4, 0.5) is 13.2 Å². The van der Waals surface area contributed by atoms with Crippen LogP contribution in [0.1, 0.15) is 5.56 Å². The Kier molecular flexibility index (Phi) is 2.63. The highest BCUT2D eigenvalue weighted by molar-refractivity contribution is 5.81. The van der Waals surface area contributed by atoms with E-state index in [1.54, 1.807) is 6.07 Å². The molecule has 0 bridgehead atoms. The summed E-state index contributed by atoms with van der Waals surface area (Å²) in [6.45, 7) is 0. The van der Waals surface area contributed by atoms with Crippen LogP contribution >= 0.6 is 0 Å². The molecule has 0 fully saturated rings. The predicted molar refractivity (Wildman–Crippen MR) is 65.1 cm³/mol. The van der Waals surface area contributed by atoms with Gasteiger partial charge in [0.05, 0.1) is 11.8 Å². The number of rotatable bonds is 1. The van der Waals surface area contributed by atoms with Crippen molar-refractivity contribution in [2.45, 2.75) is 6.18 Å². The lowest BCUT2D eigenvalue weighted by Crippen LogP contribution is -2.05. The monoisotopic (exact) mass is 280 g/mol. The van der Waals surface area contributed by atoms with Gasteiger partial charge in [0.1, 0.15) is 5.76 Å². The Hall–Kier alpha value is -2.57. The summed E-state index contributed by atoms with van der Waals surface area (Å²) in [5.74, 6) is 0.312. The Morgan fingerprint density at radius 1 is 1.15 bits per heavy atom. The summed E-state index contributed by atoms with van der Waals surface area (Å²) >= 11 is 0. The lowest BCUT2D eigenvalue weighted by Gasteiger charge is -2.06. The molecule has 2 aromatic heterocycles. The number of aromatic nitrogens is 2. The molecule has 2 heterocycles. The van der Waals surface area contributed by atoms with Gasteiger partial charge in [-0.15, -0.1) is 0 Å². The first kappa shape index (κ1) is 12.5. The molecule has 7 heteroatoms. The third kappa shape index (κ3) is 2.07. The summed E-state index contributed by atoms with van der Waals surface area (Å²) in [6.07, 6.45) is -2.97. The summed E-state index contributed by atoms with van der Waals surface area (Å²) < 4.78 is 42.7. The van der Waals surface area contributed by atoms with E-state index in [9.17, 15) is 18.0 Å². The Labute approximate surface area is 109 Å². The van der Waals surface area contributed by atoms with Crippen LogP contribution in [-0.4, -0.2) is 10.2 Å². The summed E-state index contributed by atoms with van der Waals surface area (Å²) in [4.78, 5) is 11.4. The van der Waals surface area contributed by atoms with Crippen LogP contribution in [0.2, 0.25) is 0 Å². The lowest BCUT2D eigenvalue weighted by atomic mass is 10.1. The number of nitrogens with one attached hydrogen (secondary N) is 1. The molecule has 0 atom stereocenters. The number of alkyl halides is 3. The van der Waals surface area contributed by atoms with Crippen LogP contribution in [0.15, 0.2) is 45.7 Å². The summed E-state index contributed by atoms with van der Waals surface area (Å²) in [5.41, 5.74) is -0.680. The highest BCUT2D eigenvalue weighted by atomic mass is 19.4. The van der Waals surface area contributed by atoms with Crippen LogP contribution in [0.3, 0.4) is 0 Å². The van der Waals surface area contributed by atoms with Gasteiger partial charge in [-0.3, -0.25) is 4.79 Å². The standard InChI is InChI=1S/C13H7F3N2O2/c14-13(15,16)9-3-1-7(2-4-9)10-5-8-6-17-18-12(19)11(8)20-10/h1-6H,(H,18,19). The molecule has 0 aliphatic rings. The first-order chi connectivity index (χ1) is 9.45. The molecule has 1 aromatic carbocycles. The predicted octanol–water partition coefficient (Wildman–Crippen LogP) is 3.20. The number of hydrogen-bond donors (Lipinski definition) is 1. The molecule has 102 valence electrons. The zero-order chi connectivity index (χ0) is 14.3. The first-order valence-electron chi connectivity index (χ1n) is 5.60. The maximum Gasteiger partial charge on any atom is 0.416 e. The van der Waals surface area contributed by atoms with Crippen molar-refractivity contribution in [3.63, 3.8) is 0 Å². The molecule has 3 aromatic rings. The van der Waals surface area contributed by atoms with Crippen molar-refractivity contribution in [3.05, 3.63) is 52.4 Å². The van der Waals surface area contributed by atoms with E-state index in [0.717, 1.165) is 12.1 Å².